The smallest absolute Gasteiger partial charge is 0.264 e. The van der Waals surface area contributed by atoms with Crippen LogP contribution in [0.1, 0.15) is 16.1 Å². The predicted molar refractivity (Wildman–Crippen MR) is 142 cm³/mol. The molecule has 0 unspecified atom stereocenters. The molecule has 35 heavy (non-hydrogen) atoms. The molecule has 0 fully saturated rings. The van der Waals surface area contributed by atoms with Crippen molar-refractivity contribution in [3.05, 3.63) is 75.5 Å². The second kappa shape index (κ2) is 9.06. The summed E-state index contributed by atoms with van der Waals surface area (Å²) in [5.74, 6) is 0.764. The molecule has 0 spiro atoms. The van der Waals surface area contributed by atoms with E-state index in [0.29, 0.717) is 22.8 Å². The number of aromatic nitrogens is 3. The lowest BCUT2D eigenvalue weighted by Crippen LogP contribution is -2.13. The number of benzene rings is 2. The number of halogens is 1. The van der Waals surface area contributed by atoms with E-state index >= 15 is 0 Å². The van der Waals surface area contributed by atoms with Crippen LogP contribution >= 0.6 is 27.3 Å². The zero-order chi connectivity index (χ0) is 24.7. The van der Waals surface area contributed by atoms with E-state index in [2.05, 4.69) is 60.1 Å². The Bertz CT molecular complexity index is 1640. The Morgan fingerprint density at radius 2 is 1.69 bits per heavy atom. The number of thiophene rings is 1. The van der Waals surface area contributed by atoms with E-state index in [1.807, 2.05) is 12.1 Å². The highest BCUT2D eigenvalue weighted by Gasteiger charge is 2.20. The normalized spacial score (nSPS) is 11.7. The number of nitrogens with one attached hydrogen (secondary N) is 2. The number of hydrogen-bond donors (Lipinski definition) is 2. The number of fused-ring (bicyclic) bond motifs is 1. The Balaban J connectivity index is 1.46. The van der Waals surface area contributed by atoms with Crippen molar-refractivity contribution in [3.8, 4) is 11.1 Å². The summed E-state index contributed by atoms with van der Waals surface area (Å²) in [4.78, 5) is 11.1. The Hall–Kier alpha value is -3.28. The van der Waals surface area contributed by atoms with Crippen molar-refractivity contribution >= 4 is 64.9 Å². The van der Waals surface area contributed by atoms with Gasteiger partial charge in [0.05, 0.1) is 16.0 Å². The molecule has 0 saturated heterocycles. The number of sulfonamides is 1. The molecule has 0 aliphatic carbocycles. The highest BCUT2D eigenvalue weighted by molar-refractivity contribution is 9.10. The van der Waals surface area contributed by atoms with E-state index in [-0.39, 0.29) is 10.8 Å². The standard InChI is InChI=1S/C24H20BrN5O3S2/c1-13-14(2)29-33-23(13)30-35(31,32)19-10-8-18(9-11-19)28-22-21-20(16-4-6-17(25)7-5-16)15(3)34-24(21)27-12-26-22/h4-12,30H,1-3H3,(H,26,27,28). The van der Waals surface area contributed by atoms with Crippen LogP contribution in [0.5, 0.6) is 0 Å². The minimum Gasteiger partial charge on any atom is -0.340 e. The van der Waals surface area contributed by atoms with Crippen molar-refractivity contribution in [3.63, 3.8) is 0 Å². The highest BCUT2D eigenvalue weighted by Crippen LogP contribution is 2.41. The van der Waals surface area contributed by atoms with Crippen LogP contribution in [0.25, 0.3) is 21.3 Å². The van der Waals surface area contributed by atoms with E-state index in [1.165, 1.54) is 18.5 Å². The van der Waals surface area contributed by atoms with E-state index in [4.69, 9.17) is 4.52 Å². The van der Waals surface area contributed by atoms with Gasteiger partial charge in [-0.1, -0.05) is 33.2 Å². The maximum Gasteiger partial charge on any atom is 0.264 e. The topological polar surface area (TPSA) is 110 Å². The van der Waals surface area contributed by atoms with E-state index in [1.54, 1.807) is 37.3 Å². The SMILES string of the molecule is Cc1noc(NS(=O)(=O)c2ccc(Nc3ncnc4sc(C)c(-c5ccc(Br)cc5)c34)cc2)c1C. The number of hydrogen-bond acceptors (Lipinski definition) is 8. The lowest BCUT2D eigenvalue weighted by molar-refractivity contribution is 0.430. The minimum absolute atomic E-state index is 0.103. The molecule has 0 amide bonds. The van der Waals surface area contributed by atoms with Gasteiger partial charge in [-0.05, 0) is 62.7 Å². The van der Waals surface area contributed by atoms with Crippen molar-refractivity contribution in [2.75, 3.05) is 10.0 Å². The monoisotopic (exact) mass is 569 g/mol. The molecule has 0 saturated carbocycles. The molecule has 2 N–H and O–H groups in total. The van der Waals surface area contributed by atoms with Crippen LogP contribution in [0.15, 0.2) is 68.7 Å². The third-order valence-electron chi connectivity index (χ3n) is 5.61. The molecule has 5 rings (SSSR count). The van der Waals surface area contributed by atoms with Gasteiger partial charge in [0.2, 0.25) is 5.88 Å². The molecule has 3 heterocycles. The summed E-state index contributed by atoms with van der Waals surface area (Å²) in [6, 6.07) is 14.6. The van der Waals surface area contributed by atoms with Crippen LogP contribution < -0.4 is 10.0 Å². The summed E-state index contributed by atoms with van der Waals surface area (Å²) in [7, 11) is -3.83. The minimum atomic E-state index is -3.83. The van der Waals surface area contributed by atoms with Gasteiger partial charge in [-0.25, -0.2) is 23.1 Å². The molecular weight excluding hydrogens is 550 g/mol. The van der Waals surface area contributed by atoms with Gasteiger partial charge >= 0.3 is 0 Å². The fourth-order valence-corrected chi connectivity index (χ4v) is 5.97. The average Bonchev–Trinajstić information content (AvgIpc) is 3.33. The number of anilines is 3. The van der Waals surface area contributed by atoms with Crippen LogP contribution in [0.3, 0.4) is 0 Å². The van der Waals surface area contributed by atoms with Gasteiger partial charge in [-0.15, -0.1) is 11.3 Å². The van der Waals surface area contributed by atoms with Crippen LogP contribution in [0.2, 0.25) is 0 Å². The summed E-state index contributed by atoms with van der Waals surface area (Å²) in [6.45, 7) is 5.56. The second-order valence-electron chi connectivity index (χ2n) is 7.92. The van der Waals surface area contributed by atoms with Crippen molar-refractivity contribution in [1.29, 1.82) is 0 Å². The van der Waals surface area contributed by atoms with Crippen LogP contribution in [0.4, 0.5) is 17.4 Å². The van der Waals surface area contributed by atoms with Gasteiger partial charge < -0.3 is 9.84 Å². The molecular formula is C24H20BrN5O3S2. The van der Waals surface area contributed by atoms with E-state index in [0.717, 1.165) is 30.7 Å². The Kier molecular flexibility index (Phi) is 6.07. The molecule has 0 atom stereocenters. The molecule has 0 aliphatic heterocycles. The summed E-state index contributed by atoms with van der Waals surface area (Å²) in [5.41, 5.74) is 4.11. The first-order chi connectivity index (χ1) is 16.7. The number of rotatable bonds is 6. The first-order valence-electron chi connectivity index (χ1n) is 10.6. The first-order valence-corrected chi connectivity index (χ1v) is 13.6. The fraction of sp³-hybridized carbons (Fsp3) is 0.125. The molecule has 0 bridgehead atoms. The van der Waals surface area contributed by atoms with E-state index < -0.39 is 10.0 Å². The molecule has 0 aliphatic rings. The van der Waals surface area contributed by atoms with Crippen molar-refractivity contribution < 1.29 is 12.9 Å². The van der Waals surface area contributed by atoms with Crippen molar-refractivity contribution in [2.24, 2.45) is 0 Å². The molecule has 0 radical (unpaired) electrons. The average molecular weight is 570 g/mol. The van der Waals surface area contributed by atoms with Gasteiger partial charge in [0, 0.05) is 26.2 Å². The van der Waals surface area contributed by atoms with Gasteiger partial charge in [-0.3, -0.25) is 0 Å². The Labute approximate surface area is 214 Å². The van der Waals surface area contributed by atoms with Gasteiger partial charge in [0.25, 0.3) is 10.0 Å². The van der Waals surface area contributed by atoms with Crippen LogP contribution in [-0.4, -0.2) is 23.5 Å². The first kappa shape index (κ1) is 23.5. The van der Waals surface area contributed by atoms with Gasteiger partial charge in [0.1, 0.15) is 17.0 Å². The van der Waals surface area contributed by atoms with Crippen LogP contribution in [0, 0.1) is 20.8 Å². The van der Waals surface area contributed by atoms with Gasteiger partial charge in [-0.2, -0.15) is 0 Å². The maximum absolute atomic E-state index is 12.8. The van der Waals surface area contributed by atoms with Crippen molar-refractivity contribution in [2.45, 2.75) is 25.7 Å². The number of nitrogens with zero attached hydrogens (tertiary/aromatic N) is 3. The van der Waals surface area contributed by atoms with Crippen molar-refractivity contribution in [1.82, 2.24) is 15.1 Å². The Morgan fingerprint density at radius 3 is 2.34 bits per heavy atom. The molecule has 5 aromatic rings. The highest BCUT2D eigenvalue weighted by atomic mass is 79.9. The maximum atomic E-state index is 12.8. The van der Waals surface area contributed by atoms with E-state index in [9.17, 15) is 8.42 Å². The third kappa shape index (κ3) is 4.54. The Morgan fingerprint density at radius 1 is 0.971 bits per heavy atom. The molecule has 178 valence electrons. The zero-order valence-corrected chi connectivity index (χ0v) is 22.2. The molecule has 8 nitrogen and oxygen atoms in total. The van der Waals surface area contributed by atoms with Crippen LogP contribution in [-0.2, 0) is 10.0 Å². The predicted octanol–water partition coefficient (Wildman–Crippen LogP) is 6.58. The lowest BCUT2D eigenvalue weighted by Gasteiger charge is -2.10. The second-order valence-corrected chi connectivity index (χ2v) is 11.7. The summed E-state index contributed by atoms with van der Waals surface area (Å²) in [6.07, 6.45) is 1.52. The van der Waals surface area contributed by atoms with Gasteiger partial charge in [0.15, 0.2) is 0 Å². The summed E-state index contributed by atoms with van der Waals surface area (Å²) < 4.78 is 34.1. The largest absolute Gasteiger partial charge is 0.340 e. The molecule has 3 aromatic heterocycles. The quantitative estimate of drug-likeness (QED) is 0.237. The number of aryl methyl sites for hydroxylation is 2. The fourth-order valence-electron chi connectivity index (χ4n) is 3.65. The molecule has 11 heteroatoms. The zero-order valence-electron chi connectivity index (χ0n) is 19.0. The summed E-state index contributed by atoms with van der Waals surface area (Å²) in [5, 5.41) is 8.04. The summed E-state index contributed by atoms with van der Waals surface area (Å²) >= 11 is 5.10. The molecule has 2 aromatic carbocycles. The lowest BCUT2D eigenvalue weighted by atomic mass is 10.0. The third-order valence-corrected chi connectivity index (χ3v) is 8.50.